The summed E-state index contributed by atoms with van der Waals surface area (Å²) < 4.78 is 76.5. The van der Waals surface area contributed by atoms with Gasteiger partial charge in [-0.05, 0) is 12.1 Å². The molecule has 0 heterocycles. The van der Waals surface area contributed by atoms with E-state index in [0.717, 1.165) is 19.2 Å². The first kappa shape index (κ1) is 17.7. The van der Waals surface area contributed by atoms with Crippen molar-refractivity contribution in [1.82, 2.24) is 0 Å². The van der Waals surface area contributed by atoms with E-state index in [-0.39, 0.29) is 11.5 Å². The van der Waals surface area contributed by atoms with Crippen LogP contribution >= 0.6 is 10.7 Å². The second-order valence-corrected chi connectivity index (χ2v) is 6.53. The van der Waals surface area contributed by atoms with E-state index in [1.54, 1.807) is 0 Å². The monoisotopic (exact) mass is 348 g/mol. The van der Waals surface area contributed by atoms with Crippen LogP contribution in [0.1, 0.15) is 10.8 Å². The molecule has 0 bridgehead atoms. The minimum atomic E-state index is -5.12. The highest BCUT2D eigenvalue weighted by molar-refractivity contribution is 8.14. The van der Waals surface area contributed by atoms with Crippen LogP contribution in [0.4, 0.5) is 13.2 Å². The molecule has 5 nitrogen and oxygen atoms in total. The van der Waals surface area contributed by atoms with Gasteiger partial charge in [0, 0.05) is 16.2 Å². The van der Waals surface area contributed by atoms with Gasteiger partial charge in [0.2, 0.25) is 14.8 Å². The van der Waals surface area contributed by atoms with E-state index < -0.39 is 31.8 Å². The van der Waals surface area contributed by atoms with Gasteiger partial charge in [-0.2, -0.15) is 13.2 Å². The topological polar surface area (TPSA) is 61.8 Å². The molecule has 0 radical (unpaired) electrons. The maximum Gasteiger partial charge on any atom is 0.410 e. The first-order valence-electron chi connectivity index (χ1n) is 5.37. The van der Waals surface area contributed by atoms with Crippen molar-refractivity contribution >= 4 is 19.7 Å². The predicted octanol–water partition coefficient (Wildman–Crippen LogP) is 2.88. The summed E-state index contributed by atoms with van der Waals surface area (Å²) in [6, 6.07) is 2.05. The lowest BCUT2D eigenvalue weighted by Crippen LogP contribution is -2.26. The van der Waals surface area contributed by atoms with E-state index >= 15 is 0 Å². The molecule has 1 rings (SSSR count). The number of hydrogen-bond acceptors (Lipinski definition) is 5. The molecule has 10 heteroatoms. The first-order valence-corrected chi connectivity index (χ1v) is 7.74. The van der Waals surface area contributed by atoms with Gasteiger partial charge in [-0.1, -0.05) is 0 Å². The highest BCUT2D eigenvalue weighted by atomic mass is 35.7. The smallest absolute Gasteiger partial charge is 0.410 e. The van der Waals surface area contributed by atoms with Crippen molar-refractivity contribution in [3.05, 3.63) is 17.7 Å². The van der Waals surface area contributed by atoms with Crippen molar-refractivity contribution in [1.29, 1.82) is 0 Å². The molecular weight excluding hydrogens is 337 g/mol. The van der Waals surface area contributed by atoms with E-state index in [1.165, 1.54) is 14.2 Å². The normalized spacial score (nSPS) is 13.7. The average molecular weight is 349 g/mol. The Labute approximate surface area is 124 Å². The molecule has 1 aromatic rings. The van der Waals surface area contributed by atoms with Crippen LogP contribution in [0.5, 0.6) is 17.2 Å². The summed E-state index contributed by atoms with van der Waals surface area (Å²) >= 11 is 0. The molecule has 1 unspecified atom stereocenters. The van der Waals surface area contributed by atoms with Gasteiger partial charge in [0.15, 0.2) is 16.7 Å². The van der Waals surface area contributed by atoms with Gasteiger partial charge >= 0.3 is 6.18 Å². The van der Waals surface area contributed by atoms with Crippen LogP contribution in [-0.2, 0) is 9.05 Å². The molecule has 0 N–H and O–H groups in total. The lowest BCUT2D eigenvalue weighted by molar-refractivity contribution is -0.131. The van der Waals surface area contributed by atoms with Crippen LogP contribution in [0.3, 0.4) is 0 Å². The molecule has 0 fully saturated rings. The standard InChI is InChI=1S/C11H12ClF3O5S/c1-18-7-5-4-6(8(19-2)9(7)20-3)10(11(13,14)15)21(12,16)17/h4-5,10H,1-3H3. The van der Waals surface area contributed by atoms with Gasteiger partial charge in [-0.3, -0.25) is 0 Å². The van der Waals surface area contributed by atoms with E-state index in [0.29, 0.717) is 0 Å². The molecule has 0 saturated heterocycles. The average Bonchev–Trinajstić information content (AvgIpc) is 2.34. The van der Waals surface area contributed by atoms with E-state index in [9.17, 15) is 21.6 Å². The second-order valence-electron chi connectivity index (χ2n) is 3.82. The van der Waals surface area contributed by atoms with Crippen LogP contribution in [-0.4, -0.2) is 35.9 Å². The van der Waals surface area contributed by atoms with Gasteiger partial charge in [-0.15, -0.1) is 0 Å². The molecular formula is C11H12ClF3O5S. The van der Waals surface area contributed by atoms with Crippen molar-refractivity contribution in [2.45, 2.75) is 11.4 Å². The Morgan fingerprint density at radius 2 is 1.57 bits per heavy atom. The number of rotatable bonds is 5. The molecule has 21 heavy (non-hydrogen) atoms. The summed E-state index contributed by atoms with van der Waals surface area (Å²) in [5.74, 6) is -0.485. The Bertz CT molecular complexity index is 615. The summed E-state index contributed by atoms with van der Waals surface area (Å²) in [7, 11) is 3.49. The Hall–Kier alpha value is -1.35. The number of halogens is 4. The predicted molar refractivity (Wildman–Crippen MR) is 69.7 cm³/mol. The van der Waals surface area contributed by atoms with Crippen LogP contribution < -0.4 is 14.2 Å². The molecule has 0 saturated carbocycles. The van der Waals surface area contributed by atoms with Crippen molar-refractivity contribution in [3.8, 4) is 17.2 Å². The van der Waals surface area contributed by atoms with Crippen molar-refractivity contribution in [3.63, 3.8) is 0 Å². The molecule has 0 aliphatic carbocycles. The summed E-state index contributed by atoms with van der Waals surface area (Å²) in [4.78, 5) is 0. The van der Waals surface area contributed by atoms with Gasteiger partial charge in [0.25, 0.3) is 0 Å². The van der Waals surface area contributed by atoms with Crippen LogP contribution in [0.15, 0.2) is 12.1 Å². The highest BCUT2D eigenvalue weighted by Crippen LogP contribution is 2.49. The fraction of sp³-hybridized carbons (Fsp3) is 0.455. The van der Waals surface area contributed by atoms with Gasteiger partial charge in [0.1, 0.15) is 0 Å². The van der Waals surface area contributed by atoms with Crippen LogP contribution in [0.2, 0.25) is 0 Å². The maximum absolute atomic E-state index is 13.0. The Morgan fingerprint density at radius 1 is 1.05 bits per heavy atom. The van der Waals surface area contributed by atoms with Crippen molar-refractivity contribution < 1.29 is 35.8 Å². The van der Waals surface area contributed by atoms with E-state index in [2.05, 4.69) is 0 Å². The molecule has 1 aromatic carbocycles. The van der Waals surface area contributed by atoms with E-state index in [1.807, 2.05) is 0 Å². The minimum Gasteiger partial charge on any atom is -0.493 e. The van der Waals surface area contributed by atoms with Gasteiger partial charge < -0.3 is 14.2 Å². The maximum atomic E-state index is 13.0. The molecule has 0 aromatic heterocycles. The second kappa shape index (κ2) is 6.18. The minimum absolute atomic E-state index is 0.0889. The first-order chi connectivity index (χ1) is 9.57. The zero-order valence-electron chi connectivity index (χ0n) is 11.2. The quantitative estimate of drug-likeness (QED) is 0.766. The van der Waals surface area contributed by atoms with Crippen molar-refractivity contribution in [2.24, 2.45) is 0 Å². The molecule has 120 valence electrons. The lowest BCUT2D eigenvalue weighted by Gasteiger charge is -2.22. The fourth-order valence-electron chi connectivity index (χ4n) is 1.82. The third kappa shape index (κ3) is 3.65. The molecule has 0 spiro atoms. The largest absolute Gasteiger partial charge is 0.493 e. The molecule has 0 amide bonds. The molecule has 0 aliphatic rings. The number of alkyl halides is 3. The Kier molecular flexibility index (Phi) is 5.21. The van der Waals surface area contributed by atoms with E-state index in [4.69, 9.17) is 24.9 Å². The summed E-state index contributed by atoms with van der Waals surface area (Å²) in [5, 5.41) is -2.94. The lowest BCUT2D eigenvalue weighted by atomic mass is 10.1. The van der Waals surface area contributed by atoms with Gasteiger partial charge in [0.05, 0.1) is 21.3 Å². The number of benzene rings is 1. The van der Waals surface area contributed by atoms with Gasteiger partial charge in [-0.25, -0.2) is 8.42 Å². The SMILES string of the molecule is COc1ccc(C(C(F)(F)F)S(=O)(=O)Cl)c(OC)c1OC. The summed E-state index contributed by atoms with van der Waals surface area (Å²) in [6.45, 7) is 0. The number of ether oxygens (including phenoxy) is 3. The summed E-state index contributed by atoms with van der Waals surface area (Å²) in [5.41, 5.74) is -0.683. The third-order valence-electron chi connectivity index (χ3n) is 2.60. The molecule has 0 aliphatic heterocycles. The highest BCUT2D eigenvalue weighted by Gasteiger charge is 2.51. The number of hydrogen-bond donors (Lipinski definition) is 0. The van der Waals surface area contributed by atoms with Crippen molar-refractivity contribution in [2.75, 3.05) is 21.3 Å². The Morgan fingerprint density at radius 3 is 1.90 bits per heavy atom. The fourth-order valence-corrected chi connectivity index (χ4v) is 3.22. The van der Waals surface area contributed by atoms with Crippen LogP contribution in [0.25, 0.3) is 0 Å². The van der Waals surface area contributed by atoms with Crippen LogP contribution in [0, 0.1) is 0 Å². The third-order valence-corrected chi connectivity index (χ3v) is 4.21. The number of methoxy groups -OCH3 is 3. The zero-order chi connectivity index (χ0) is 16.4. The summed E-state index contributed by atoms with van der Waals surface area (Å²) in [6.07, 6.45) is -5.12. The zero-order valence-corrected chi connectivity index (χ0v) is 12.8. The molecule has 1 atom stereocenters. The Balaban J connectivity index is 3.68.